The lowest BCUT2D eigenvalue weighted by atomic mass is 9.54. The Kier molecular flexibility index (Phi) is 5.58. The molecule has 20 heavy (non-hydrogen) atoms. The fraction of sp³-hybridized carbons (Fsp3) is 0.933. The number of nitrogens with two attached hydrogens (primary N) is 1. The second-order valence-corrected chi connectivity index (χ2v) is 6.51. The Hall–Kier alpha value is -0.650. The van der Waals surface area contributed by atoms with Crippen molar-refractivity contribution in [2.45, 2.75) is 65.1 Å². The largest absolute Gasteiger partial charge is 0.396 e. The van der Waals surface area contributed by atoms with Crippen LogP contribution in [-0.2, 0) is 9.53 Å². The monoisotopic (exact) mass is 286 g/mol. The van der Waals surface area contributed by atoms with Gasteiger partial charge >= 0.3 is 0 Å². The molecule has 0 radical (unpaired) electrons. The summed E-state index contributed by atoms with van der Waals surface area (Å²) in [6.45, 7) is 11.2. The van der Waals surface area contributed by atoms with Gasteiger partial charge in [0.25, 0.3) is 0 Å². The van der Waals surface area contributed by atoms with Gasteiger partial charge in [-0.2, -0.15) is 0 Å². The molecular formula is C15H30N2O3. The average molecular weight is 286 g/mol. The maximum atomic E-state index is 12.8. The Labute approximate surface area is 122 Å². The van der Waals surface area contributed by atoms with Gasteiger partial charge in [0.05, 0.1) is 6.10 Å². The number of carbonyl (C=O) groups is 1. The quantitative estimate of drug-likeness (QED) is 0.736. The summed E-state index contributed by atoms with van der Waals surface area (Å²) in [5, 5.41) is 8.98. The van der Waals surface area contributed by atoms with E-state index < -0.39 is 5.54 Å². The molecule has 0 bridgehead atoms. The second kappa shape index (κ2) is 6.41. The summed E-state index contributed by atoms with van der Waals surface area (Å²) in [4.78, 5) is 14.6. The van der Waals surface area contributed by atoms with Crippen molar-refractivity contribution in [1.29, 1.82) is 0 Å². The molecular weight excluding hydrogens is 256 g/mol. The van der Waals surface area contributed by atoms with Crippen LogP contribution in [0.25, 0.3) is 0 Å². The highest BCUT2D eigenvalue weighted by Crippen LogP contribution is 2.50. The van der Waals surface area contributed by atoms with E-state index >= 15 is 0 Å². The molecule has 0 spiro atoms. The van der Waals surface area contributed by atoms with Gasteiger partial charge in [-0.25, -0.2) is 0 Å². The fourth-order valence-corrected chi connectivity index (χ4v) is 2.89. The van der Waals surface area contributed by atoms with E-state index in [9.17, 15) is 4.79 Å². The van der Waals surface area contributed by atoms with Crippen molar-refractivity contribution >= 4 is 5.91 Å². The van der Waals surface area contributed by atoms with Crippen LogP contribution < -0.4 is 5.73 Å². The number of aliphatic hydroxyl groups excluding tert-OH is 1. The molecule has 1 aliphatic rings. The number of rotatable bonds is 7. The first-order valence-electron chi connectivity index (χ1n) is 7.54. The maximum absolute atomic E-state index is 12.8. The topological polar surface area (TPSA) is 75.8 Å². The zero-order chi connectivity index (χ0) is 15.6. The van der Waals surface area contributed by atoms with E-state index in [2.05, 4.69) is 0 Å². The molecule has 2 unspecified atom stereocenters. The standard InChI is InChI=1S/C15H30N2O3/c1-6-20-12-10-15(16,14(12,4)5)13(19)17(11(2)3)8-7-9-18/h11-12,18H,6-10,16H2,1-5H3. The van der Waals surface area contributed by atoms with Crippen LogP contribution in [0.4, 0.5) is 0 Å². The first-order chi connectivity index (χ1) is 9.22. The highest BCUT2D eigenvalue weighted by molar-refractivity contribution is 5.89. The van der Waals surface area contributed by atoms with E-state index in [1.165, 1.54) is 0 Å². The van der Waals surface area contributed by atoms with Gasteiger partial charge in [0, 0.05) is 37.6 Å². The van der Waals surface area contributed by atoms with Crippen molar-refractivity contribution < 1.29 is 14.6 Å². The molecule has 3 N–H and O–H groups in total. The molecule has 0 aromatic heterocycles. The molecule has 5 heteroatoms. The van der Waals surface area contributed by atoms with Crippen molar-refractivity contribution in [3.63, 3.8) is 0 Å². The van der Waals surface area contributed by atoms with Crippen LogP contribution in [0.2, 0.25) is 0 Å². The third kappa shape index (κ3) is 2.85. The fourth-order valence-electron chi connectivity index (χ4n) is 2.89. The molecule has 0 heterocycles. The van der Waals surface area contributed by atoms with Crippen LogP contribution in [0.5, 0.6) is 0 Å². The smallest absolute Gasteiger partial charge is 0.243 e. The molecule has 0 aromatic carbocycles. The molecule has 1 aliphatic carbocycles. The zero-order valence-corrected chi connectivity index (χ0v) is 13.5. The molecule has 1 amide bonds. The van der Waals surface area contributed by atoms with E-state index in [0.29, 0.717) is 26.0 Å². The number of hydrogen-bond donors (Lipinski definition) is 2. The summed E-state index contributed by atoms with van der Waals surface area (Å²) in [6.07, 6.45) is 1.18. The Bertz CT molecular complexity index is 344. The van der Waals surface area contributed by atoms with Crippen molar-refractivity contribution in [3.05, 3.63) is 0 Å². The predicted molar refractivity (Wildman–Crippen MR) is 79.3 cm³/mol. The summed E-state index contributed by atoms with van der Waals surface area (Å²) < 4.78 is 5.67. The van der Waals surface area contributed by atoms with Crippen LogP contribution in [0.1, 0.15) is 47.5 Å². The molecule has 2 atom stereocenters. The molecule has 1 rings (SSSR count). The Balaban J connectivity index is 2.84. The van der Waals surface area contributed by atoms with Gasteiger partial charge in [-0.15, -0.1) is 0 Å². The Morgan fingerprint density at radius 1 is 1.50 bits per heavy atom. The maximum Gasteiger partial charge on any atom is 0.243 e. The molecule has 0 saturated heterocycles. The summed E-state index contributed by atoms with van der Waals surface area (Å²) >= 11 is 0. The van der Waals surface area contributed by atoms with Gasteiger partial charge in [0.1, 0.15) is 5.54 Å². The van der Waals surface area contributed by atoms with Gasteiger partial charge < -0.3 is 20.5 Å². The van der Waals surface area contributed by atoms with Gasteiger partial charge in [-0.05, 0) is 27.2 Å². The highest BCUT2D eigenvalue weighted by atomic mass is 16.5. The van der Waals surface area contributed by atoms with Gasteiger partial charge in [-0.1, -0.05) is 13.8 Å². The third-order valence-electron chi connectivity index (χ3n) is 4.65. The van der Waals surface area contributed by atoms with Gasteiger partial charge in [-0.3, -0.25) is 4.79 Å². The van der Waals surface area contributed by atoms with Crippen LogP contribution in [-0.4, -0.2) is 53.4 Å². The van der Waals surface area contributed by atoms with E-state index in [1.807, 2.05) is 34.6 Å². The minimum absolute atomic E-state index is 0.0260. The first kappa shape index (κ1) is 17.4. The number of aliphatic hydroxyl groups is 1. The normalized spacial score (nSPS) is 28.3. The van der Waals surface area contributed by atoms with E-state index in [4.69, 9.17) is 15.6 Å². The molecule has 5 nitrogen and oxygen atoms in total. The minimum Gasteiger partial charge on any atom is -0.396 e. The summed E-state index contributed by atoms with van der Waals surface area (Å²) in [6, 6.07) is 0.0800. The number of carbonyl (C=O) groups excluding carboxylic acids is 1. The van der Waals surface area contributed by atoms with Crippen LogP contribution in [0, 0.1) is 5.41 Å². The van der Waals surface area contributed by atoms with E-state index in [0.717, 1.165) is 0 Å². The van der Waals surface area contributed by atoms with Crippen LogP contribution in [0.15, 0.2) is 0 Å². The lowest BCUT2D eigenvalue weighted by molar-refractivity contribution is -0.180. The van der Waals surface area contributed by atoms with Crippen LogP contribution >= 0.6 is 0 Å². The SMILES string of the molecule is CCOC1CC(N)(C(=O)N(CCCO)C(C)C)C1(C)C. The predicted octanol–water partition coefficient (Wildman–Crippen LogP) is 1.14. The first-order valence-corrected chi connectivity index (χ1v) is 7.54. The number of hydrogen-bond acceptors (Lipinski definition) is 4. The lowest BCUT2D eigenvalue weighted by Gasteiger charge is -2.59. The molecule has 118 valence electrons. The second-order valence-electron chi connectivity index (χ2n) is 6.51. The number of nitrogens with zero attached hydrogens (tertiary/aromatic N) is 1. The molecule has 0 aromatic rings. The van der Waals surface area contributed by atoms with E-state index in [1.54, 1.807) is 4.90 Å². The van der Waals surface area contributed by atoms with Crippen LogP contribution in [0.3, 0.4) is 0 Å². The average Bonchev–Trinajstić information content (AvgIpc) is 2.38. The van der Waals surface area contributed by atoms with Crippen molar-refractivity contribution in [3.8, 4) is 0 Å². The third-order valence-corrected chi connectivity index (χ3v) is 4.65. The number of ether oxygens (including phenoxy) is 1. The molecule has 1 saturated carbocycles. The lowest BCUT2D eigenvalue weighted by Crippen LogP contribution is -2.76. The van der Waals surface area contributed by atoms with Crippen molar-refractivity contribution in [2.75, 3.05) is 19.8 Å². The van der Waals surface area contributed by atoms with E-state index in [-0.39, 0.29) is 30.1 Å². The summed E-state index contributed by atoms with van der Waals surface area (Å²) in [5.74, 6) is -0.0260. The van der Waals surface area contributed by atoms with Crippen molar-refractivity contribution in [1.82, 2.24) is 4.90 Å². The number of amides is 1. The van der Waals surface area contributed by atoms with Crippen molar-refractivity contribution in [2.24, 2.45) is 11.1 Å². The molecule has 1 fully saturated rings. The zero-order valence-electron chi connectivity index (χ0n) is 13.5. The summed E-state index contributed by atoms with van der Waals surface area (Å²) in [7, 11) is 0. The minimum atomic E-state index is -0.868. The van der Waals surface area contributed by atoms with Gasteiger partial charge in [0.15, 0.2) is 0 Å². The molecule has 0 aliphatic heterocycles. The Morgan fingerprint density at radius 2 is 2.10 bits per heavy atom. The van der Waals surface area contributed by atoms with Gasteiger partial charge in [0.2, 0.25) is 5.91 Å². The highest BCUT2D eigenvalue weighted by Gasteiger charge is 2.63. The Morgan fingerprint density at radius 3 is 2.50 bits per heavy atom. The summed E-state index contributed by atoms with van der Waals surface area (Å²) in [5.41, 5.74) is 5.18.